The van der Waals surface area contributed by atoms with Gasteiger partial charge in [0.25, 0.3) is 17.7 Å². The average Bonchev–Trinajstić information content (AvgIpc) is 2.90. The van der Waals surface area contributed by atoms with Crippen molar-refractivity contribution in [1.29, 1.82) is 5.26 Å². The van der Waals surface area contributed by atoms with E-state index in [9.17, 15) is 19.2 Å². The normalized spacial score (nSPS) is 13.2. The lowest BCUT2D eigenvalue weighted by Gasteiger charge is -2.28. The van der Waals surface area contributed by atoms with Crippen molar-refractivity contribution in [1.82, 2.24) is 9.80 Å². The van der Waals surface area contributed by atoms with E-state index in [2.05, 4.69) is 0 Å². The lowest BCUT2D eigenvalue weighted by molar-refractivity contribution is -0.153. The number of hydrogen-bond donors (Lipinski definition) is 0. The molecule has 1 aliphatic heterocycles. The molecule has 1 aromatic rings. The predicted molar refractivity (Wildman–Crippen MR) is 94.5 cm³/mol. The maximum absolute atomic E-state index is 12.2. The summed E-state index contributed by atoms with van der Waals surface area (Å²) in [4.78, 5) is 50.5. The highest BCUT2D eigenvalue weighted by Gasteiger charge is 2.34. The van der Waals surface area contributed by atoms with Crippen molar-refractivity contribution >= 4 is 23.7 Å². The Balaban J connectivity index is 1.78. The number of fused-ring (bicyclic) bond motifs is 1. The number of nitriles is 1. The largest absolute Gasteiger partial charge is 0.456 e. The molecule has 0 saturated heterocycles. The van der Waals surface area contributed by atoms with Crippen molar-refractivity contribution in [3.63, 3.8) is 0 Å². The molecule has 0 radical (unpaired) electrons. The number of carbonyl (C=O) groups is 4. The lowest BCUT2D eigenvalue weighted by Crippen LogP contribution is -2.45. The third kappa shape index (κ3) is 4.31. The van der Waals surface area contributed by atoms with Gasteiger partial charge in [0.15, 0.2) is 6.61 Å². The number of esters is 1. The molecule has 1 aromatic carbocycles. The van der Waals surface area contributed by atoms with Crippen LogP contribution >= 0.6 is 0 Å². The van der Waals surface area contributed by atoms with Crippen LogP contribution in [0.15, 0.2) is 24.3 Å². The first kappa shape index (κ1) is 20.1. The molecule has 0 aliphatic carbocycles. The Kier molecular flexibility index (Phi) is 5.95. The van der Waals surface area contributed by atoms with Gasteiger partial charge in [-0.15, -0.1) is 0 Å². The summed E-state index contributed by atoms with van der Waals surface area (Å²) in [5, 5.41) is 9.01. The van der Waals surface area contributed by atoms with E-state index in [0.29, 0.717) is 11.1 Å². The first-order chi connectivity index (χ1) is 12.7. The Morgan fingerprint density at radius 3 is 2.26 bits per heavy atom. The van der Waals surface area contributed by atoms with E-state index in [0.717, 1.165) is 4.90 Å². The molecule has 1 heterocycles. The van der Waals surface area contributed by atoms with Crippen LogP contribution in [0.2, 0.25) is 0 Å². The standard InChI is InChI=1S/C19H21N3O5/c1-19(2,12-20)21(3)15(23)11-27-16(24)9-6-10-22-17(25)13-7-4-5-8-14(13)18(22)26/h4-5,7-8H,6,9-11H2,1-3H3. The molecule has 8 heteroatoms. The second-order valence-corrected chi connectivity index (χ2v) is 6.70. The molecule has 8 nitrogen and oxygen atoms in total. The minimum absolute atomic E-state index is 0.0357. The monoisotopic (exact) mass is 371 g/mol. The number of rotatable bonds is 7. The van der Waals surface area contributed by atoms with Crippen molar-refractivity contribution in [3.05, 3.63) is 35.4 Å². The van der Waals surface area contributed by atoms with E-state index in [1.165, 1.54) is 11.9 Å². The quantitative estimate of drug-likeness (QED) is 0.529. The van der Waals surface area contributed by atoms with Crippen LogP contribution in [-0.2, 0) is 14.3 Å². The molecule has 0 unspecified atom stereocenters. The van der Waals surface area contributed by atoms with Crippen LogP contribution in [0.4, 0.5) is 0 Å². The number of nitrogens with zero attached hydrogens (tertiary/aromatic N) is 3. The van der Waals surface area contributed by atoms with Crippen LogP contribution in [0.25, 0.3) is 0 Å². The highest BCUT2D eigenvalue weighted by Crippen LogP contribution is 2.22. The van der Waals surface area contributed by atoms with Gasteiger partial charge >= 0.3 is 5.97 Å². The first-order valence-corrected chi connectivity index (χ1v) is 8.48. The molecule has 1 aliphatic rings. The van der Waals surface area contributed by atoms with E-state index in [1.807, 2.05) is 6.07 Å². The molecule has 2 rings (SSSR count). The molecule has 0 aromatic heterocycles. The zero-order valence-electron chi connectivity index (χ0n) is 15.5. The van der Waals surface area contributed by atoms with Gasteiger partial charge in [0.1, 0.15) is 5.54 Å². The van der Waals surface area contributed by atoms with Crippen LogP contribution in [0, 0.1) is 11.3 Å². The SMILES string of the molecule is CN(C(=O)COC(=O)CCCN1C(=O)c2ccccc2C1=O)C(C)(C)C#N. The van der Waals surface area contributed by atoms with Crippen molar-refractivity contribution in [2.24, 2.45) is 0 Å². The van der Waals surface area contributed by atoms with Gasteiger partial charge < -0.3 is 9.64 Å². The summed E-state index contributed by atoms with van der Waals surface area (Å²) in [7, 11) is 1.46. The summed E-state index contributed by atoms with van der Waals surface area (Å²) in [5.74, 6) is -1.85. The molecular formula is C19H21N3O5. The molecular weight excluding hydrogens is 350 g/mol. The summed E-state index contributed by atoms with van der Waals surface area (Å²) < 4.78 is 4.92. The minimum atomic E-state index is -1.00. The summed E-state index contributed by atoms with van der Waals surface area (Å²) in [6.45, 7) is 2.79. The molecule has 0 spiro atoms. The third-order valence-electron chi connectivity index (χ3n) is 4.48. The van der Waals surface area contributed by atoms with Gasteiger partial charge in [0, 0.05) is 20.0 Å². The summed E-state index contributed by atoms with van der Waals surface area (Å²) in [6.07, 6.45) is 0.198. The van der Waals surface area contributed by atoms with Gasteiger partial charge in [-0.2, -0.15) is 5.26 Å². The molecule has 27 heavy (non-hydrogen) atoms. The smallest absolute Gasteiger partial charge is 0.306 e. The van der Waals surface area contributed by atoms with E-state index < -0.39 is 24.0 Å². The third-order valence-corrected chi connectivity index (χ3v) is 4.48. The van der Waals surface area contributed by atoms with Crippen molar-refractivity contribution in [2.75, 3.05) is 20.2 Å². The van der Waals surface area contributed by atoms with Crippen LogP contribution in [0.3, 0.4) is 0 Å². The molecule has 0 atom stereocenters. The topological polar surface area (TPSA) is 108 Å². The fourth-order valence-electron chi connectivity index (χ4n) is 2.52. The first-order valence-electron chi connectivity index (χ1n) is 8.48. The molecule has 0 N–H and O–H groups in total. The average molecular weight is 371 g/mol. The Morgan fingerprint density at radius 1 is 1.19 bits per heavy atom. The zero-order valence-corrected chi connectivity index (χ0v) is 15.5. The van der Waals surface area contributed by atoms with Gasteiger partial charge in [-0.3, -0.25) is 24.1 Å². The maximum Gasteiger partial charge on any atom is 0.306 e. The van der Waals surface area contributed by atoms with Gasteiger partial charge in [-0.05, 0) is 32.4 Å². The number of hydrogen-bond acceptors (Lipinski definition) is 6. The predicted octanol–water partition coefficient (Wildman–Crippen LogP) is 1.37. The molecule has 3 amide bonds. The van der Waals surface area contributed by atoms with Gasteiger partial charge in [-0.25, -0.2) is 0 Å². The van der Waals surface area contributed by atoms with Crippen LogP contribution in [-0.4, -0.2) is 59.2 Å². The number of carbonyl (C=O) groups excluding carboxylic acids is 4. The van der Waals surface area contributed by atoms with Crippen molar-refractivity contribution in [3.8, 4) is 6.07 Å². The highest BCUT2D eigenvalue weighted by atomic mass is 16.5. The summed E-state index contributed by atoms with van der Waals surface area (Å²) in [6, 6.07) is 8.54. The zero-order chi connectivity index (χ0) is 20.2. The Morgan fingerprint density at radius 2 is 1.74 bits per heavy atom. The second kappa shape index (κ2) is 7.99. The molecule has 0 bridgehead atoms. The van der Waals surface area contributed by atoms with E-state index in [4.69, 9.17) is 10.00 Å². The minimum Gasteiger partial charge on any atom is -0.456 e. The highest BCUT2D eigenvalue weighted by molar-refractivity contribution is 6.21. The van der Waals surface area contributed by atoms with E-state index >= 15 is 0 Å². The Hall–Kier alpha value is -3.21. The number of benzene rings is 1. The fraction of sp³-hybridized carbons (Fsp3) is 0.421. The van der Waals surface area contributed by atoms with E-state index in [1.54, 1.807) is 38.1 Å². The van der Waals surface area contributed by atoms with Gasteiger partial charge in [-0.1, -0.05) is 12.1 Å². The van der Waals surface area contributed by atoms with E-state index in [-0.39, 0.29) is 31.2 Å². The number of ether oxygens (including phenoxy) is 1. The van der Waals surface area contributed by atoms with Gasteiger partial charge in [0.05, 0.1) is 17.2 Å². The second-order valence-electron chi connectivity index (χ2n) is 6.70. The maximum atomic E-state index is 12.2. The molecule has 0 fully saturated rings. The Bertz CT molecular complexity index is 790. The summed E-state index contributed by atoms with van der Waals surface area (Å²) >= 11 is 0. The number of likely N-dealkylation sites (N-methyl/N-ethyl adjacent to an activating group) is 1. The van der Waals surface area contributed by atoms with Crippen LogP contribution < -0.4 is 0 Å². The fourth-order valence-corrected chi connectivity index (χ4v) is 2.52. The summed E-state index contributed by atoms with van der Waals surface area (Å²) in [5.41, 5.74) is -0.285. The van der Waals surface area contributed by atoms with Crippen LogP contribution in [0.1, 0.15) is 47.4 Å². The van der Waals surface area contributed by atoms with Crippen molar-refractivity contribution in [2.45, 2.75) is 32.2 Å². The van der Waals surface area contributed by atoms with Gasteiger partial charge in [0.2, 0.25) is 0 Å². The molecule has 142 valence electrons. The Labute approximate surface area is 157 Å². The molecule has 0 saturated carbocycles. The van der Waals surface area contributed by atoms with Crippen molar-refractivity contribution < 1.29 is 23.9 Å². The number of imide groups is 1. The number of amides is 3. The lowest BCUT2D eigenvalue weighted by atomic mass is 10.1. The van der Waals surface area contributed by atoms with Crippen LogP contribution in [0.5, 0.6) is 0 Å².